The Morgan fingerprint density at radius 3 is 2.88 bits per heavy atom. The van der Waals surface area contributed by atoms with E-state index in [1.54, 1.807) is 10.9 Å². The van der Waals surface area contributed by atoms with Gasteiger partial charge >= 0.3 is 0 Å². The molecule has 17 heavy (non-hydrogen) atoms. The molecule has 0 N–H and O–H groups in total. The van der Waals surface area contributed by atoms with Gasteiger partial charge in [-0.05, 0) is 28.1 Å². The molecule has 0 spiro atoms. The standard InChI is InChI=1S/C11H8Br2N4/c12-5-9-11(17-7-8(13)6-14-17)15-10-3-1-2-4-16(9)10/h1-4,6-7H,5H2. The summed E-state index contributed by atoms with van der Waals surface area (Å²) < 4.78 is 4.77. The first kappa shape index (κ1) is 11.0. The van der Waals surface area contributed by atoms with Crippen molar-refractivity contribution in [2.24, 2.45) is 0 Å². The zero-order valence-electron chi connectivity index (χ0n) is 8.72. The van der Waals surface area contributed by atoms with Crippen molar-refractivity contribution in [3.8, 4) is 5.82 Å². The number of rotatable bonds is 2. The molecule has 6 heteroatoms. The molecule has 3 rings (SSSR count). The molecule has 0 saturated heterocycles. The maximum absolute atomic E-state index is 4.58. The highest BCUT2D eigenvalue weighted by molar-refractivity contribution is 9.10. The minimum Gasteiger partial charge on any atom is -0.301 e. The van der Waals surface area contributed by atoms with E-state index in [2.05, 4.69) is 46.3 Å². The fourth-order valence-corrected chi connectivity index (χ4v) is 2.56. The topological polar surface area (TPSA) is 35.1 Å². The lowest BCUT2D eigenvalue weighted by Crippen LogP contribution is -1.99. The maximum atomic E-state index is 4.58. The second kappa shape index (κ2) is 4.27. The number of hydrogen-bond donors (Lipinski definition) is 0. The van der Waals surface area contributed by atoms with E-state index in [0.29, 0.717) is 0 Å². The zero-order valence-corrected chi connectivity index (χ0v) is 11.9. The quantitative estimate of drug-likeness (QED) is 0.662. The highest BCUT2D eigenvalue weighted by Gasteiger charge is 2.12. The summed E-state index contributed by atoms with van der Waals surface area (Å²) in [6.45, 7) is 0. The van der Waals surface area contributed by atoms with Crippen LogP contribution in [0.4, 0.5) is 0 Å². The molecule has 0 bridgehead atoms. The van der Waals surface area contributed by atoms with E-state index in [1.807, 2.05) is 30.6 Å². The van der Waals surface area contributed by atoms with Crippen molar-refractivity contribution in [3.63, 3.8) is 0 Å². The van der Waals surface area contributed by atoms with Crippen molar-refractivity contribution in [2.75, 3.05) is 0 Å². The molecule has 0 radical (unpaired) electrons. The summed E-state index contributed by atoms with van der Waals surface area (Å²) in [5.74, 6) is 0.846. The number of imidazole rings is 1. The third-order valence-electron chi connectivity index (χ3n) is 2.50. The fraction of sp³-hybridized carbons (Fsp3) is 0.0909. The third-order valence-corrected chi connectivity index (χ3v) is 3.44. The van der Waals surface area contributed by atoms with Gasteiger partial charge in [-0.25, -0.2) is 9.67 Å². The van der Waals surface area contributed by atoms with Crippen LogP contribution in [0.1, 0.15) is 5.69 Å². The average molecular weight is 356 g/mol. The summed E-state index contributed by atoms with van der Waals surface area (Å²) in [5.41, 5.74) is 2.00. The van der Waals surface area contributed by atoms with Gasteiger partial charge in [0.2, 0.25) is 0 Å². The number of nitrogens with zero attached hydrogens (tertiary/aromatic N) is 4. The molecule has 0 aliphatic rings. The largest absolute Gasteiger partial charge is 0.301 e. The fourth-order valence-electron chi connectivity index (χ4n) is 1.76. The van der Waals surface area contributed by atoms with E-state index in [0.717, 1.165) is 27.0 Å². The lowest BCUT2D eigenvalue weighted by atomic mass is 10.4. The van der Waals surface area contributed by atoms with Gasteiger partial charge in [0.1, 0.15) is 5.65 Å². The van der Waals surface area contributed by atoms with Gasteiger partial charge in [-0.2, -0.15) is 5.10 Å². The summed E-state index contributed by atoms with van der Waals surface area (Å²) in [4.78, 5) is 4.58. The monoisotopic (exact) mass is 354 g/mol. The summed E-state index contributed by atoms with van der Waals surface area (Å²) in [5, 5.41) is 4.99. The summed E-state index contributed by atoms with van der Waals surface area (Å²) in [7, 11) is 0. The van der Waals surface area contributed by atoms with Crippen molar-refractivity contribution < 1.29 is 0 Å². The predicted molar refractivity (Wildman–Crippen MR) is 72.6 cm³/mol. The van der Waals surface area contributed by atoms with Crippen LogP contribution in [-0.2, 0) is 5.33 Å². The number of pyridine rings is 1. The van der Waals surface area contributed by atoms with Crippen LogP contribution in [0.2, 0.25) is 0 Å². The Hall–Kier alpha value is -1.14. The average Bonchev–Trinajstić information content (AvgIpc) is 2.91. The maximum Gasteiger partial charge on any atom is 0.176 e. The first-order chi connectivity index (χ1) is 8.29. The summed E-state index contributed by atoms with van der Waals surface area (Å²) in [6.07, 6.45) is 5.65. The van der Waals surface area contributed by atoms with Gasteiger partial charge in [0.15, 0.2) is 5.82 Å². The van der Waals surface area contributed by atoms with Gasteiger partial charge in [-0.3, -0.25) is 0 Å². The van der Waals surface area contributed by atoms with E-state index < -0.39 is 0 Å². The Kier molecular flexibility index (Phi) is 2.76. The smallest absolute Gasteiger partial charge is 0.176 e. The van der Waals surface area contributed by atoms with Crippen LogP contribution in [0.3, 0.4) is 0 Å². The molecule has 3 heterocycles. The molecule has 0 atom stereocenters. The minimum absolute atomic E-state index is 0.727. The zero-order chi connectivity index (χ0) is 11.8. The van der Waals surface area contributed by atoms with Gasteiger partial charge in [-0.15, -0.1) is 0 Å². The molecule has 3 aromatic rings. The molecule has 4 nitrogen and oxygen atoms in total. The second-order valence-electron chi connectivity index (χ2n) is 3.55. The van der Waals surface area contributed by atoms with Crippen LogP contribution in [-0.4, -0.2) is 19.2 Å². The van der Waals surface area contributed by atoms with Gasteiger partial charge in [0.05, 0.1) is 16.4 Å². The first-order valence-corrected chi connectivity index (χ1v) is 6.93. The molecule has 0 aliphatic heterocycles. The molecular formula is C11H8Br2N4. The predicted octanol–water partition coefficient (Wildman–Crippen LogP) is 3.18. The molecule has 3 aromatic heterocycles. The SMILES string of the molecule is BrCc1c(-n2cc(Br)cn2)nc2ccccn12. The summed E-state index contributed by atoms with van der Waals surface area (Å²) >= 11 is 6.89. The lowest BCUT2D eigenvalue weighted by molar-refractivity contribution is 0.844. The van der Waals surface area contributed by atoms with Gasteiger partial charge in [-0.1, -0.05) is 22.0 Å². The van der Waals surface area contributed by atoms with Crippen molar-refractivity contribution in [1.29, 1.82) is 0 Å². The van der Waals surface area contributed by atoms with E-state index in [9.17, 15) is 0 Å². The molecule has 0 amide bonds. The van der Waals surface area contributed by atoms with Crippen molar-refractivity contribution in [3.05, 3.63) is 47.0 Å². The number of fused-ring (bicyclic) bond motifs is 1. The van der Waals surface area contributed by atoms with E-state index >= 15 is 0 Å². The molecule has 86 valence electrons. The minimum atomic E-state index is 0.727. The van der Waals surface area contributed by atoms with E-state index in [-0.39, 0.29) is 0 Å². The van der Waals surface area contributed by atoms with Gasteiger partial charge in [0, 0.05) is 17.7 Å². The van der Waals surface area contributed by atoms with Crippen LogP contribution >= 0.6 is 31.9 Å². The Labute approximate surface area is 115 Å². The molecule has 0 aromatic carbocycles. The van der Waals surface area contributed by atoms with Crippen LogP contribution in [0.5, 0.6) is 0 Å². The van der Waals surface area contributed by atoms with Gasteiger partial charge < -0.3 is 4.40 Å². The number of aromatic nitrogens is 4. The molecule has 0 fully saturated rings. The molecule has 0 aliphatic carbocycles. The lowest BCUT2D eigenvalue weighted by Gasteiger charge is -2.00. The molecular weight excluding hydrogens is 348 g/mol. The van der Waals surface area contributed by atoms with Crippen LogP contribution in [0, 0.1) is 0 Å². The van der Waals surface area contributed by atoms with Crippen LogP contribution in [0.15, 0.2) is 41.3 Å². The highest BCUT2D eigenvalue weighted by Crippen LogP contribution is 2.20. The third kappa shape index (κ3) is 1.81. The number of halogens is 2. The van der Waals surface area contributed by atoms with Crippen molar-refractivity contribution in [2.45, 2.75) is 5.33 Å². The van der Waals surface area contributed by atoms with Crippen molar-refractivity contribution in [1.82, 2.24) is 19.2 Å². The van der Waals surface area contributed by atoms with E-state index in [4.69, 9.17) is 0 Å². The number of alkyl halides is 1. The summed E-state index contributed by atoms with van der Waals surface area (Å²) in [6, 6.07) is 5.95. The van der Waals surface area contributed by atoms with E-state index in [1.165, 1.54) is 0 Å². The highest BCUT2D eigenvalue weighted by atomic mass is 79.9. The Morgan fingerprint density at radius 1 is 1.29 bits per heavy atom. The Balaban J connectivity index is 2.29. The Morgan fingerprint density at radius 2 is 2.18 bits per heavy atom. The Bertz CT molecular complexity index is 671. The second-order valence-corrected chi connectivity index (χ2v) is 5.02. The first-order valence-electron chi connectivity index (χ1n) is 5.02. The molecule has 0 saturated carbocycles. The number of hydrogen-bond acceptors (Lipinski definition) is 2. The van der Waals surface area contributed by atoms with Crippen LogP contribution in [0.25, 0.3) is 11.5 Å². The normalized spacial score (nSPS) is 11.2. The van der Waals surface area contributed by atoms with Crippen LogP contribution < -0.4 is 0 Å². The molecule has 0 unspecified atom stereocenters. The van der Waals surface area contributed by atoms with Gasteiger partial charge in [0.25, 0.3) is 0 Å². The van der Waals surface area contributed by atoms with Crippen molar-refractivity contribution >= 4 is 37.5 Å².